The zero-order valence-corrected chi connectivity index (χ0v) is 10.7. The minimum absolute atomic E-state index is 0.0816. The van der Waals surface area contributed by atoms with Crippen molar-refractivity contribution in [3.63, 3.8) is 0 Å². The minimum atomic E-state index is -0.957. The van der Waals surface area contributed by atoms with Crippen LogP contribution in [0.4, 0.5) is 4.79 Å². The lowest BCUT2D eigenvalue weighted by Crippen LogP contribution is -2.48. The van der Waals surface area contributed by atoms with Crippen LogP contribution in [0.3, 0.4) is 0 Å². The Hall–Kier alpha value is -1.26. The molecule has 1 aliphatic heterocycles. The van der Waals surface area contributed by atoms with E-state index in [2.05, 4.69) is 0 Å². The Morgan fingerprint density at radius 3 is 2.12 bits per heavy atom. The average Bonchev–Trinajstić information content (AvgIpc) is 2.52. The first-order chi connectivity index (χ1) is 8.02. The molecule has 1 rings (SSSR count). The summed E-state index contributed by atoms with van der Waals surface area (Å²) in [5.41, 5.74) is 0. The number of hydrogen-bond acceptors (Lipinski definition) is 2. The van der Waals surface area contributed by atoms with Crippen molar-refractivity contribution in [3.05, 3.63) is 0 Å². The molecule has 0 unspecified atom stereocenters. The summed E-state index contributed by atoms with van der Waals surface area (Å²) in [7, 11) is 0. The summed E-state index contributed by atoms with van der Waals surface area (Å²) in [6.45, 7) is 4.98. The maximum Gasteiger partial charge on any atom is 0.323 e. The number of amides is 2. The summed E-state index contributed by atoms with van der Waals surface area (Å²) in [5.74, 6) is -0.957. The van der Waals surface area contributed by atoms with Gasteiger partial charge in [-0.2, -0.15) is 0 Å². The summed E-state index contributed by atoms with van der Waals surface area (Å²) in [6, 6.07) is -0.217. The maximum atomic E-state index is 12.2. The van der Waals surface area contributed by atoms with Gasteiger partial charge in [0.05, 0.1) is 0 Å². The number of likely N-dealkylation sites (tertiary alicyclic amines) is 1. The summed E-state index contributed by atoms with van der Waals surface area (Å²) < 4.78 is 0. The van der Waals surface area contributed by atoms with E-state index in [1.165, 1.54) is 4.90 Å². The number of carboxylic acids is 1. The van der Waals surface area contributed by atoms with E-state index in [0.29, 0.717) is 0 Å². The Bertz CT molecular complexity index is 271. The molecule has 2 amide bonds. The van der Waals surface area contributed by atoms with Crippen molar-refractivity contribution < 1.29 is 14.7 Å². The Kier molecular flexibility index (Phi) is 5.25. The van der Waals surface area contributed by atoms with Gasteiger partial charge in [-0.3, -0.25) is 4.79 Å². The van der Waals surface area contributed by atoms with Crippen LogP contribution in [-0.4, -0.2) is 52.6 Å². The molecule has 17 heavy (non-hydrogen) atoms. The van der Waals surface area contributed by atoms with Crippen LogP contribution in [0.15, 0.2) is 0 Å². The molecule has 0 bridgehead atoms. The molecule has 5 nitrogen and oxygen atoms in total. The van der Waals surface area contributed by atoms with Gasteiger partial charge in [-0.25, -0.2) is 4.79 Å². The maximum absolute atomic E-state index is 12.2. The van der Waals surface area contributed by atoms with Gasteiger partial charge in [-0.15, -0.1) is 0 Å². The molecule has 0 atom stereocenters. The van der Waals surface area contributed by atoms with Gasteiger partial charge in [0.1, 0.15) is 6.54 Å². The van der Waals surface area contributed by atoms with E-state index in [-0.39, 0.29) is 18.6 Å². The van der Waals surface area contributed by atoms with Gasteiger partial charge in [0.25, 0.3) is 0 Å². The lowest BCUT2D eigenvalue weighted by atomic mass is 10.2. The zero-order chi connectivity index (χ0) is 12.8. The average molecular weight is 242 g/mol. The number of aliphatic carboxylic acids is 1. The van der Waals surface area contributed by atoms with Crippen molar-refractivity contribution in [2.75, 3.05) is 19.6 Å². The fraction of sp³-hybridized carbons (Fsp3) is 0.833. The second-order valence-corrected chi connectivity index (χ2v) is 4.80. The van der Waals surface area contributed by atoms with Crippen LogP contribution in [-0.2, 0) is 4.79 Å². The van der Waals surface area contributed by atoms with Gasteiger partial charge >= 0.3 is 12.0 Å². The third kappa shape index (κ3) is 4.24. The number of nitrogens with zero attached hydrogens (tertiary/aromatic N) is 2. The predicted molar refractivity (Wildman–Crippen MR) is 64.9 cm³/mol. The van der Waals surface area contributed by atoms with Crippen LogP contribution in [0.25, 0.3) is 0 Å². The molecule has 1 fully saturated rings. The Labute approximate surface area is 102 Å². The van der Waals surface area contributed by atoms with E-state index in [4.69, 9.17) is 5.11 Å². The summed E-state index contributed by atoms with van der Waals surface area (Å²) in [5, 5.41) is 8.82. The summed E-state index contributed by atoms with van der Waals surface area (Å²) in [6.07, 6.45) is 4.35. The Balaban J connectivity index is 2.65. The molecule has 0 aromatic carbocycles. The molecule has 0 saturated carbocycles. The summed E-state index contributed by atoms with van der Waals surface area (Å²) in [4.78, 5) is 26.2. The van der Waals surface area contributed by atoms with Gasteiger partial charge in [0.2, 0.25) is 0 Å². The largest absolute Gasteiger partial charge is 0.480 e. The predicted octanol–water partition coefficient (Wildman–Crippen LogP) is 1.78. The Morgan fingerprint density at radius 2 is 1.71 bits per heavy atom. The molecule has 0 spiro atoms. The number of carboxylic acid groups (broad SMARTS) is 1. The number of carbonyl (C=O) groups is 2. The van der Waals surface area contributed by atoms with Crippen LogP contribution in [0.2, 0.25) is 0 Å². The number of rotatable bonds is 3. The quantitative estimate of drug-likeness (QED) is 0.820. The van der Waals surface area contributed by atoms with Gasteiger partial charge in [0.15, 0.2) is 0 Å². The molecule has 1 heterocycles. The first kappa shape index (κ1) is 13.8. The molecule has 0 radical (unpaired) electrons. The summed E-state index contributed by atoms with van der Waals surface area (Å²) >= 11 is 0. The van der Waals surface area contributed by atoms with Crippen LogP contribution in [0.1, 0.15) is 39.5 Å². The first-order valence-corrected chi connectivity index (χ1v) is 6.29. The lowest BCUT2D eigenvalue weighted by molar-refractivity contribution is -0.138. The number of hydrogen-bond donors (Lipinski definition) is 1. The third-order valence-electron chi connectivity index (χ3n) is 3.05. The highest BCUT2D eigenvalue weighted by molar-refractivity contribution is 5.80. The van der Waals surface area contributed by atoms with Crippen LogP contribution in [0, 0.1) is 0 Å². The molecular weight excluding hydrogens is 220 g/mol. The molecule has 5 heteroatoms. The number of carbonyl (C=O) groups excluding carboxylic acids is 1. The van der Waals surface area contributed by atoms with E-state index in [1.807, 2.05) is 13.8 Å². The zero-order valence-electron chi connectivity index (χ0n) is 10.7. The van der Waals surface area contributed by atoms with Gasteiger partial charge in [-0.05, 0) is 26.7 Å². The van der Waals surface area contributed by atoms with Gasteiger partial charge in [-0.1, -0.05) is 12.8 Å². The van der Waals surface area contributed by atoms with Gasteiger partial charge in [0, 0.05) is 19.1 Å². The topological polar surface area (TPSA) is 60.9 Å². The van der Waals surface area contributed by atoms with Crippen molar-refractivity contribution >= 4 is 12.0 Å². The molecular formula is C12H22N2O3. The van der Waals surface area contributed by atoms with E-state index in [0.717, 1.165) is 38.8 Å². The highest BCUT2D eigenvalue weighted by atomic mass is 16.4. The lowest BCUT2D eigenvalue weighted by Gasteiger charge is -2.31. The molecule has 1 saturated heterocycles. The molecule has 98 valence electrons. The van der Waals surface area contributed by atoms with Crippen molar-refractivity contribution in [1.82, 2.24) is 9.80 Å². The van der Waals surface area contributed by atoms with Crippen molar-refractivity contribution in [1.29, 1.82) is 0 Å². The van der Waals surface area contributed by atoms with Crippen LogP contribution >= 0.6 is 0 Å². The SMILES string of the molecule is CC(C)N(CC(=O)O)C(=O)N1CCCCCC1. The first-order valence-electron chi connectivity index (χ1n) is 6.29. The normalized spacial score (nSPS) is 16.8. The standard InChI is InChI=1S/C12H22N2O3/c1-10(2)14(9-11(15)16)12(17)13-7-5-3-4-6-8-13/h10H,3-9H2,1-2H3,(H,15,16). The molecule has 0 aromatic rings. The third-order valence-corrected chi connectivity index (χ3v) is 3.05. The van der Waals surface area contributed by atoms with E-state index >= 15 is 0 Å². The highest BCUT2D eigenvalue weighted by Gasteiger charge is 2.25. The van der Waals surface area contributed by atoms with Crippen LogP contribution in [0.5, 0.6) is 0 Å². The van der Waals surface area contributed by atoms with Crippen molar-refractivity contribution in [3.8, 4) is 0 Å². The monoisotopic (exact) mass is 242 g/mol. The smallest absolute Gasteiger partial charge is 0.323 e. The Morgan fingerprint density at radius 1 is 1.18 bits per heavy atom. The highest BCUT2D eigenvalue weighted by Crippen LogP contribution is 2.13. The van der Waals surface area contributed by atoms with E-state index in [1.54, 1.807) is 4.90 Å². The fourth-order valence-electron chi connectivity index (χ4n) is 2.06. The van der Waals surface area contributed by atoms with Crippen molar-refractivity contribution in [2.45, 2.75) is 45.6 Å². The number of urea groups is 1. The second-order valence-electron chi connectivity index (χ2n) is 4.80. The molecule has 1 aliphatic rings. The van der Waals surface area contributed by atoms with Crippen molar-refractivity contribution in [2.24, 2.45) is 0 Å². The second kappa shape index (κ2) is 6.47. The van der Waals surface area contributed by atoms with Gasteiger partial charge < -0.3 is 14.9 Å². The molecule has 0 aromatic heterocycles. The van der Waals surface area contributed by atoms with E-state index < -0.39 is 5.97 Å². The minimum Gasteiger partial charge on any atom is -0.480 e. The molecule has 0 aliphatic carbocycles. The van der Waals surface area contributed by atoms with E-state index in [9.17, 15) is 9.59 Å². The fourth-order valence-corrected chi connectivity index (χ4v) is 2.06. The molecule has 1 N–H and O–H groups in total. The van der Waals surface area contributed by atoms with Crippen LogP contribution < -0.4 is 0 Å².